The smallest absolute Gasteiger partial charge is 0.244 e. The van der Waals surface area contributed by atoms with Crippen LogP contribution in [0.3, 0.4) is 0 Å². The van der Waals surface area contributed by atoms with E-state index in [1.165, 1.54) is 42.5 Å². The lowest BCUT2D eigenvalue weighted by Crippen LogP contribution is -2.50. The second kappa shape index (κ2) is 8.47. The highest BCUT2D eigenvalue weighted by Crippen LogP contribution is 2.26. The molecule has 8 heteroatoms. The molecule has 2 aromatic carbocycles. The number of rotatable bonds is 7. The summed E-state index contributed by atoms with van der Waals surface area (Å²) in [4.78, 5) is 12.8. The summed E-state index contributed by atoms with van der Waals surface area (Å²) in [5, 5.41) is 2.72. The van der Waals surface area contributed by atoms with Crippen molar-refractivity contribution < 1.29 is 22.0 Å². The SMILES string of the molecule is CC[C@H](C(=O)N[C@H](C)c1ccc(F)cc1)N(c1ccccc1F)S(C)(=O)=O. The molecule has 0 saturated heterocycles. The maximum Gasteiger partial charge on any atom is 0.244 e. The summed E-state index contributed by atoms with van der Waals surface area (Å²) in [5.74, 6) is -1.70. The van der Waals surface area contributed by atoms with Crippen LogP contribution in [0.4, 0.5) is 14.5 Å². The normalized spacial score (nSPS) is 13.7. The molecule has 27 heavy (non-hydrogen) atoms. The molecule has 1 N–H and O–H groups in total. The average Bonchev–Trinajstić information content (AvgIpc) is 2.59. The summed E-state index contributed by atoms with van der Waals surface area (Å²) in [7, 11) is -3.92. The van der Waals surface area contributed by atoms with Gasteiger partial charge in [-0.15, -0.1) is 0 Å². The number of hydrogen-bond donors (Lipinski definition) is 1. The molecule has 2 atom stereocenters. The zero-order valence-electron chi connectivity index (χ0n) is 15.3. The number of nitrogens with one attached hydrogen (secondary N) is 1. The van der Waals surface area contributed by atoms with Gasteiger partial charge in [0.2, 0.25) is 15.9 Å². The number of carbonyl (C=O) groups is 1. The molecule has 0 aliphatic rings. The van der Waals surface area contributed by atoms with Crippen molar-refractivity contribution in [2.75, 3.05) is 10.6 Å². The molecule has 0 unspecified atom stereocenters. The van der Waals surface area contributed by atoms with E-state index in [0.29, 0.717) is 5.56 Å². The summed E-state index contributed by atoms with van der Waals surface area (Å²) in [6.45, 7) is 3.34. The highest BCUT2D eigenvalue weighted by atomic mass is 32.2. The van der Waals surface area contributed by atoms with Gasteiger partial charge in [0.1, 0.15) is 17.7 Å². The van der Waals surface area contributed by atoms with Gasteiger partial charge in [-0.05, 0) is 43.2 Å². The van der Waals surface area contributed by atoms with Gasteiger partial charge in [0.05, 0.1) is 18.0 Å². The van der Waals surface area contributed by atoms with Crippen LogP contribution < -0.4 is 9.62 Å². The first kappa shape index (κ1) is 20.8. The van der Waals surface area contributed by atoms with Crippen molar-refractivity contribution in [1.82, 2.24) is 5.32 Å². The number of benzene rings is 2. The van der Waals surface area contributed by atoms with Crippen LogP contribution in [0.2, 0.25) is 0 Å². The molecule has 0 radical (unpaired) electrons. The van der Waals surface area contributed by atoms with Crippen molar-refractivity contribution >= 4 is 21.6 Å². The van der Waals surface area contributed by atoms with E-state index in [-0.39, 0.29) is 12.1 Å². The number of para-hydroxylation sites is 1. The monoisotopic (exact) mass is 396 g/mol. The van der Waals surface area contributed by atoms with Gasteiger partial charge in [-0.2, -0.15) is 0 Å². The molecule has 0 spiro atoms. The van der Waals surface area contributed by atoms with Crippen LogP contribution in [0.5, 0.6) is 0 Å². The van der Waals surface area contributed by atoms with Crippen LogP contribution in [-0.2, 0) is 14.8 Å². The number of halogens is 2. The van der Waals surface area contributed by atoms with E-state index in [0.717, 1.165) is 16.6 Å². The van der Waals surface area contributed by atoms with Crippen LogP contribution in [0.15, 0.2) is 48.5 Å². The van der Waals surface area contributed by atoms with Gasteiger partial charge < -0.3 is 5.32 Å². The molecule has 1 amide bonds. The van der Waals surface area contributed by atoms with Crippen molar-refractivity contribution in [3.8, 4) is 0 Å². The summed E-state index contributed by atoms with van der Waals surface area (Å²) < 4.78 is 52.7. The summed E-state index contributed by atoms with van der Waals surface area (Å²) in [6.07, 6.45) is 1.07. The van der Waals surface area contributed by atoms with Gasteiger partial charge in [-0.25, -0.2) is 17.2 Å². The van der Waals surface area contributed by atoms with Gasteiger partial charge in [-0.1, -0.05) is 31.2 Å². The van der Waals surface area contributed by atoms with Gasteiger partial charge >= 0.3 is 0 Å². The first-order chi connectivity index (χ1) is 12.6. The first-order valence-corrected chi connectivity index (χ1v) is 10.3. The van der Waals surface area contributed by atoms with Gasteiger partial charge in [0.25, 0.3) is 0 Å². The van der Waals surface area contributed by atoms with Crippen LogP contribution in [0.25, 0.3) is 0 Å². The summed E-state index contributed by atoms with van der Waals surface area (Å²) in [5.41, 5.74) is 0.479. The van der Waals surface area contributed by atoms with Crippen molar-refractivity contribution in [2.24, 2.45) is 0 Å². The lowest BCUT2D eigenvalue weighted by atomic mass is 10.1. The molecule has 0 saturated carbocycles. The lowest BCUT2D eigenvalue weighted by Gasteiger charge is -2.31. The van der Waals surface area contributed by atoms with E-state index in [4.69, 9.17) is 0 Å². The number of nitrogens with zero attached hydrogens (tertiary/aromatic N) is 1. The second-order valence-electron chi connectivity index (χ2n) is 6.22. The number of sulfonamides is 1. The average molecular weight is 396 g/mol. The third kappa shape index (κ3) is 5.03. The molecule has 0 aliphatic heterocycles. The zero-order valence-corrected chi connectivity index (χ0v) is 16.1. The number of anilines is 1. The van der Waals surface area contributed by atoms with Gasteiger partial charge in [-0.3, -0.25) is 9.10 Å². The molecule has 0 aromatic heterocycles. The van der Waals surface area contributed by atoms with Crippen LogP contribution >= 0.6 is 0 Å². The van der Waals surface area contributed by atoms with E-state index in [9.17, 15) is 22.0 Å². The van der Waals surface area contributed by atoms with E-state index in [2.05, 4.69) is 5.32 Å². The topological polar surface area (TPSA) is 66.5 Å². The zero-order chi connectivity index (χ0) is 20.2. The van der Waals surface area contributed by atoms with Crippen LogP contribution in [0, 0.1) is 11.6 Å². The minimum absolute atomic E-state index is 0.142. The van der Waals surface area contributed by atoms with Crippen molar-refractivity contribution in [3.05, 3.63) is 65.7 Å². The summed E-state index contributed by atoms with van der Waals surface area (Å²) >= 11 is 0. The maximum absolute atomic E-state index is 14.2. The maximum atomic E-state index is 14.2. The standard InChI is InChI=1S/C19H22F2N2O3S/c1-4-17(19(24)22-13(2)14-9-11-15(20)12-10-14)23(27(3,25)26)18-8-6-5-7-16(18)21/h5-13,17H,4H2,1-3H3,(H,22,24)/t13-,17-/m1/s1. The summed E-state index contributed by atoms with van der Waals surface area (Å²) in [6, 6.07) is 9.41. The van der Waals surface area contributed by atoms with E-state index >= 15 is 0 Å². The molecule has 2 aromatic rings. The molecule has 0 heterocycles. The Morgan fingerprint density at radius 2 is 1.70 bits per heavy atom. The Kier molecular flexibility index (Phi) is 6.54. The van der Waals surface area contributed by atoms with Gasteiger partial charge in [0, 0.05) is 0 Å². The quantitative estimate of drug-likeness (QED) is 0.780. The Morgan fingerprint density at radius 1 is 1.11 bits per heavy atom. The van der Waals surface area contributed by atoms with Crippen LogP contribution in [0.1, 0.15) is 31.9 Å². The van der Waals surface area contributed by atoms with Gasteiger partial charge in [0.15, 0.2) is 0 Å². The van der Waals surface area contributed by atoms with Crippen LogP contribution in [-0.4, -0.2) is 26.6 Å². The van der Waals surface area contributed by atoms with E-state index in [1.807, 2.05) is 0 Å². The Balaban J connectivity index is 2.32. The molecule has 2 rings (SSSR count). The molecule has 0 fully saturated rings. The van der Waals surface area contributed by atoms with Crippen molar-refractivity contribution in [2.45, 2.75) is 32.4 Å². The lowest BCUT2D eigenvalue weighted by molar-refractivity contribution is -0.122. The largest absolute Gasteiger partial charge is 0.348 e. The first-order valence-electron chi connectivity index (χ1n) is 8.45. The third-order valence-corrected chi connectivity index (χ3v) is 5.31. The van der Waals surface area contributed by atoms with E-state index in [1.54, 1.807) is 13.8 Å². The fourth-order valence-electron chi connectivity index (χ4n) is 2.81. The number of carbonyl (C=O) groups excluding carboxylic acids is 1. The predicted octanol–water partition coefficient (Wildman–Crippen LogP) is 3.39. The Bertz CT molecular complexity index is 901. The highest BCUT2D eigenvalue weighted by Gasteiger charge is 2.33. The van der Waals surface area contributed by atoms with Crippen molar-refractivity contribution in [1.29, 1.82) is 0 Å². The number of amides is 1. The Hall–Kier alpha value is -2.48. The van der Waals surface area contributed by atoms with Crippen molar-refractivity contribution in [3.63, 3.8) is 0 Å². The molecule has 5 nitrogen and oxygen atoms in total. The Labute approximate surface area is 158 Å². The third-order valence-electron chi connectivity index (χ3n) is 4.15. The molecule has 146 valence electrons. The second-order valence-corrected chi connectivity index (χ2v) is 8.08. The minimum atomic E-state index is -3.92. The Morgan fingerprint density at radius 3 is 2.22 bits per heavy atom. The fraction of sp³-hybridized carbons (Fsp3) is 0.316. The molecular weight excluding hydrogens is 374 g/mol. The minimum Gasteiger partial charge on any atom is -0.348 e. The molecular formula is C19H22F2N2O3S. The van der Waals surface area contributed by atoms with E-state index < -0.39 is 39.6 Å². The highest BCUT2D eigenvalue weighted by molar-refractivity contribution is 7.92. The predicted molar refractivity (Wildman–Crippen MR) is 101 cm³/mol. The molecule has 0 aliphatic carbocycles. The molecule has 0 bridgehead atoms. The fourth-order valence-corrected chi connectivity index (χ4v) is 4.02. The number of hydrogen-bond acceptors (Lipinski definition) is 3.